The average Bonchev–Trinajstić information content (AvgIpc) is 2.77. The number of aromatic nitrogens is 2. The van der Waals surface area contributed by atoms with E-state index in [-0.39, 0.29) is 6.61 Å². The van der Waals surface area contributed by atoms with Gasteiger partial charge in [0, 0.05) is 12.1 Å². The van der Waals surface area contributed by atoms with Crippen molar-refractivity contribution in [1.29, 1.82) is 0 Å². The lowest BCUT2D eigenvalue weighted by Crippen LogP contribution is -2.00. The van der Waals surface area contributed by atoms with Gasteiger partial charge in [-0.3, -0.25) is 4.40 Å². The first kappa shape index (κ1) is 12.9. The van der Waals surface area contributed by atoms with Crippen LogP contribution in [0.1, 0.15) is 28.2 Å². The van der Waals surface area contributed by atoms with E-state index in [0.717, 1.165) is 29.1 Å². The molecule has 20 heavy (non-hydrogen) atoms. The molecule has 3 aromatic rings. The molecule has 0 fully saturated rings. The Bertz CT molecular complexity index is 759. The highest BCUT2D eigenvalue weighted by atomic mass is 16.3. The Morgan fingerprint density at radius 2 is 1.90 bits per heavy atom. The molecule has 3 rings (SSSR count). The van der Waals surface area contributed by atoms with Crippen LogP contribution in [0.5, 0.6) is 0 Å². The maximum atomic E-state index is 9.70. The van der Waals surface area contributed by atoms with Crippen molar-refractivity contribution in [3.05, 3.63) is 70.7 Å². The molecule has 0 radical (unpaired) electrons. The number of imidazole rings is 1. The number of aryl methyl sites for hydroxylation is 2. The maximum Gasteiger partial charge on any atom is 0.137 e. The molecule has 0 spiro atoms. The second-order valence-electron chi connectivity index (χ2n) is 5.19. The summed E-state index contributed by atoms with van der Waals surface area (Å²) in [7, 11) is 0. The van der Waals surface area contributed by atoms with Gasteiger partial charge in [0.2, 0.25) is 0 Å². The van der Waals surface area contributed by atoms with Gasteiger partial charge in [0.15, 0.2) is 0 Å². The normalized spacial score (nSPS) is 11.2. The molecule has 2 heterocycles. The van der Waals surface area contributed by atoms with Crippen LogP contribution in [-0.4, -0.2) is 14.5 Å². The van der Waals surface area contributed by atoms with E-state index in [4.69, 9.17) is 0 Å². The molecule has 0 unspecified atom stereocenters. The van der Waals surface area contributed by atoms with Crippen molar-refractivity contribution >= 4 is 5.65 Å². The smallest absolute Gasteiger partial charge is 0.137 e. The largest absolute Gasteiger partial charge is 0.390 e. The fourth-order valence-corrected chi connectivity index (χ4v) is 2.69. The van der Waals surface area contributed by atoms with Gasteiger partial charge in [-0.2, -0.15) is 0 Å². The van der Waals surface area contributed by atoms with Crippen LogP contribution in [0.3, 0.4) is 0 Å². The van der Waals surface area contributed by atoms with Gasteiger partial charge >= 0.3 is 0 Å². The van der Waals surface area contributed by atoms with E-state index in [1.54, 1.807) is 0 Å². The Morgan fingerprint density at radius 1 is 1.10 bits per heavy atom. The third kappa shape index (κ3) is 2.21. The van der Waals surface area contributed by atoms with Gasteiger partial charge in [-0.25, -0.2) is 4.98 Å². The molecule has 102 valence electrons. The lowest BCUT2D eigenvalue weighted by Gasteiger charge is -2.05. The van der Waals surface area contributed by atoms with Crippen molar-refractivity contribution < 1.29 is 5.11 Å². The molecule has 2 aromatic heterocycles. The molecule has 0 amide bonds. The topological polar surface area (TPSA) is 37.5 Å². The third-order valence-electron chi connectivity index (χ3n) is 3.62. The molecule has 3 nitrogen and oxygen atoms in total. The van der Waals surface area contributed by atoms with Gasteiger partial charge < -0.3 is 5.11 Å². The summed E-state index contributed by atoms with van der Waals surface area (Å²) in [5.41, 5.74) is 6.30. The van der Waals surface area contributed by atoms with Gasteiger partial charge in [0.05, 0.1) is 18.0 Å². The highest BCUT2D eigenvalue weighted by molar-refractivity contribution is 5.46. The number of pyridine rings is 1. The van der Waals surface area contributed by atoms with Crippen LogP contribution < -0.4 is 0 Å². The molecule has 0 saturated heterocycles. The van der Waals surface area contributed by atoms with Crippen LogP contribution >= 0.6 is 0 Å². The predicted molar refractivity (Wildman–Crippen MR) is 79.8 cm³/mol. The molecule has 0 aliphatic rings. The Labute approximate surface area is 118 Å². The molecule has 0 saturated carbocycles. The zero-order chi connectivity index (χ0) is 14.1. The minimum Gasteiger partial charge on any atom is -0.390 e. The summed E-state index contributed by atoms with van der Waals surface area (Å²) in [5.74, 6) is 0. The predicted octanol–water partition coefficient (Wildman–Crippen LogP) is 3.03. The highest BCUT2D eigenvalue weighted by Crippen LogP contribution is 2.19. The maximum absolute atomic E-state index is 9.70. The second kappa shape index (κ2) is 5.10. The lowest BCUT2D eigenvalue weighted by molar-refractivity contribution is 0.274. The Morgan fingerprint density at radius 3 is 2.65 bits per heavy atom. The van der Waals surface area contributed by atoms with Crippen LogP contribution in [0, 0.1) is 13.8 Å². The summed E-state index contributed by atoms with van der Waals surface area (Å²) in [5, 5.41) is 9.70. The van der Waals surface area contributed by atoms with Crippen molar-refractivity contribution in [2.75, 3.05) is 0 Å². The number of hydrogen-bond acceptors (Lipinski definition) is 2. The fraction of sp³-hybridized carbons (Fsp3) is 0.235. The van der Waals surface area contributed by atoms with E-state index in [9.17, 15) is 5.11 Å². The van der Waals surface area contributed by atoms with E-state index < -0.39 is 0 Å². The van der Waals surface area contributed by atoms with Crippen molar-refractivity contribution in [2.45, 2.75) is 26.9 Å². The summed E-state index contributed by atoms with van der Waals surface area (Å²) in [6.07, 6.45) is 0.749. The SMILES string of the molecule is Cc1cccc(Cc2nc3cccc(C)n3c2CO)c1. The molecular formula is C17H18N2O. The first-order valence-corrected chi connectivity index (χ1v) is 6.81. The third-order valence-corrected chi connectivity index (χ3v) is 3.62. The number of aliphatic hydroxyl groups is 1. The molecule has 1 N–H and O–H groups in total. The van der Waals surface area contributed by atoms with Crippen molar-refractivity contribution in [3.8, 4) is 0 Å². The number of hydrogen-bond donors (Lipinski definition) is 1. The number of rotatable bonds is 3. The van der Waals surface area contributed by atoms with Crippen molar-refractivity contribution in [1.82, 2.24) is 9.38 Å². The zero-order valence-corrected chi connectivity index (χ0v) is 11.8. The van der Waals surface area contributed by atoms with Gasteiger partial charge in [0.1, 0.15) is 5.65 Å². The highest BCUT2D eigenvalue weighted by Gasteiger charge is 2.13. The molecule has 0 atom stereocenters. The Balaban J connectivity index is 2.10. The first-order valence-electron chi connectivity index (χ1n) is 6.81. The monoisotopic (exact) mass is 266 g/mol. The number of nitrogens with zero attached hydrogens (tertiary/aromatic N) is 2. The summed E-state index contributed by atoms with van der Waals surface area (Å²) in [6, 6.07) is 14.4. The zero-order valence-electron chi connectivity index (χ0n) is 11.8. The molecule has 1 aromatic carbocycles. The molecule has 3 heteroatoms. The van der Waals surface area contributed by atoms with Gasteiger partial charge in [-0.15, -0.1) is 0 Å². The second-order valence-corrected chi connectivity index (χ2v) is 5.19. The Hall–Kier alpha value is -2.13. The minimum atomic E-state index is 0.00711. The minimum absolute atomic E-state index is 0.00711. The Kier molecular flexibility index (Phi) is 3.28. The summed E-state index contributed by atoms with van der Waals surface area (Å²) in [6.45, 7) is 4.13. The number of aliphatic hydroxyl groups excluding tert-OH is 1. The van der Waals surface area contributed by atoms with Crippen molar-refractivity contribution in [3.63, 3.8) is 0 Å². The molecular weight excluding hydrogens is 248 g/mol. The van der Waals surface area contributed by atoms with E-state index in [0.29, 0.717) is 0 Å². The summed E-state index contributed by atoms with van der Waals surface area (Å²) in [4.78, 5) is 4.67. The van der Waals surface area contributed by atoms with Crippen LogP contribution in [0.25, 0.3) is 5.65 Å². The summed E-state index contributed by atoms with van der Waals surface area (Å²) < 4.78 is 2.03. The summed E-state index contributed by atoms with van der Waals surface area (Å²) >= 11 is 0. The first-order chi connectivity index (χ1) is 9.69. The van der Waals surface area contributed by atoms with Crippen LogP contribution in [0.15, 0.2) is 42.5 Å². The van der Waals surface area contributed by atoms with Gasteiger partial charge in [-0.05, 0) is 31.5 Å². The number of benzene rings is 1. The average molecular weight is 266 g/mol. The van der Waals surface area contributed by atoms with Gasteiger partial charge in [0.25, 0.3) is 0 Å². The van der Waals surface area contributed by atoms with Crippen LogP contribution in [-0.2, 0) is 13.0 Å². The van der Waals surface area contributed by atoms with E-state index in [2.05, 4.69) is 36.2 Å². The fourth-order valence-electron chi connectivity index (χ4n) is 2.69. The van der Waals surface area contributed by atoms with Gasteiger partial charge in [-0.1, -0.05) is 35.9 Å². The van der Waals surface area contributed by atoms with Crippen molar-refractivity contribution in [2.24, 2.45) is 0 Å². The van der Waals surface area contributed by atoms with Crippen LogP contribution in [0.2, 0.25) is 0 Å². The van der Waals surface area contributed by atoms with Crippen LogP contribution in [0.4, 0.5) is 0 Å². The standard InChI is InChI=1S/C17H18N2O/c1-12-5-3-7-14(9-12)10-15-16(11-20)19-13(2)6-4-8-17(19)18-15/h3-9,20H,10-11H2,1-2H3. The lowest BCUT2D eigenvalue weighted by atomic mass is 10.1. The van der Waals surface area contributed by atoms with E-state index in [1.807, 2.05) is 29.5 Å². The molecule has 0 aliphatic carbocycles. The quantitative estimate of drug-likeness (QED) is 0.791. The molecule has 0 bridgehead atoms. The number of fused-ring (bicyclic) bond motifs is 1. The van der Waals surface area contributed by atoms with E-state index in [1.165, 1.54) is 11.1 Å². The molecule has 0 aliphatic heterocycles. The van der Waals surface area contributed by atoms with E-state index >= 15 is 0 Å².